The Bertz CT molecular complexity index is 1490. The highest BCUT2D eigenvalue weighted by Gasteiger charge is 2.25. The number of rotatable bonds is 7. The molecule has 6 rings (SSSR count). The minimum atomic E-state index is -0.491. The van der Waals surface area contributed by atoms with Gasteiger partial charge in [-0.25, -0.2) is 0 Å². The number of hydrogen-bond acceptors (Lipinski definition) is 2. The van der Waals surface area contributed by atoms with E-state index in [4.69, 9.17) is 0 Å². The minimum Gasteiger partial charge on any atom is -0.390 e. The molecule has 0 amide bonds. The standard InChI is InChI=1S/C34H36N2O/c1-24-12-8-11-19-31(24)35-22-28(37)23-36-33(27-16-6-3-7-17-27)32(26-14-4-2-5-15-26)30-21-20-25-13-9-10-18-29(25)34(30)36/h2-7,9-10,13-18,20-21,24,28,31,35,37H,8,11-12,19,22-23H2,1H3/t24-,28+,31-/m1/s1. The molecular formula is C34H36N2O. The van der Waals surface area contributed by atoms with Crippen molar-refractivity contribution in [3.05, 3.63) is 97.1 Å². The van der Waals surface area contributed by atoms with E-state index in [9.17, 15) is 5.11 Å². The Morgan fingerprint density at radius 1 is 0.784 bits per heavy atom. The molecule has 0 aliphatic heterocycles. The maximum absolute atomic E-state index is 11.4. The quantitative estimate of drug-likeness (QED) is 0.247. The number of nitrogens with zero attached hydrogens (tertiary/aromatic N) is 1. The largest absolute Gasteiger partial charge is 0.390 e. The van der Waals surface area contributed by atoms with E-state index in [1.54, 1.807) is 0 Å². The van der Waals surface area contributed by atoms with Crippen LogP contribution in [0.1, 0.15) is 32.6 Å². The summed E-state index contributed by atoms with van der Waals surface area (Å²) in [6.07, 6.45) is 4.60. The van der Waals surface area contributed by atoms with E-state index in [1.165, 1.54) is 69.7 Å². The third-order valence-electron chi connectivity index (χ3n) is 8.18. The van der Waals surface area contributed by atoms with Gasteiger partial charge in [-0.1, -0.05) is 117 Å². The molecule has 188 valence electrons. The molecule has 0 radical (unpaired) electrons. The highest BCUT2D eigenvalue weighted by Crippen LogP contribution is 2.43. The van der Waals surface area contributed by atoms with Crippen LogP contribution < -0.4 is 5.32 Å². The molecule has 4 aromatic carbocycles. The summed E-state index contributed by atoms with van der Waals surface area (Å²) >= 11 is 0. The van der Waals surface area contributed by atoms with Gasteiger partial charge in [0.05, 0.1) is 23.9 Å². The molecule has 3 atom stereocenters. The van der Waals surface area contributed by atoms with Gasteiger partial charge in [-0.05, 0) is 35.3 Å². The van der Waals surface area contributed by atoms with Gasteiger partial charge in [0.1, 0.15) is 0 Å². The molecule has 0 saturated heterocycles. The predicted octanol–water partition coefficient (Wildman–Crippen LogP) is 7.66. The second-order valence-corrected chi connectivity index (χ2v) is 10.7. The van der Waals surface area contributed by atoms with Crippen LogP contribution in [0, 0.1) is 5.92 Å². The van der Waals surface area contributed by atoms with Crippen molar-refractivity contribution in [3.63, 3.8) is 0 Å². The van der Waals surface area contributed by atoms with E-state index in [0.29, 0.717) is 25.0 Å². The SMILES string of the molecule is C[C@@H]1CCCC[C@H]1NC[C@H](O)Cn1c(-c2ccccc2)c(-c2ccccc2)c2ccc3ccccc3c21. The molecule has 3 nitrogen and oxygen atoms in total. The second-order valence-electron chi connectivity index (χ2n) is 10.7. The summed E-state index contributed by atoms with van der Waals surface area (Å²) in [6.45, 7) is 3.48. The van der Waals surface area contributed by atoms with Crippen molar-refractivity contribution < 1.29 is 5.11 Å². The first-order valence-corrected chi connectivity index (χ1v) is 13.8. The fraction of sp³-hybridized carbons (Fsp3) is 0.294. The Hall–Kier alpha value is -3.40. The van der Waals surface area contributed by atoms with Crippen molar-refractivity contribution in [2.24, 2.45) is 5.92 Å². The predicted molar refractivity (Wildman–Crippen MR) is 156 cm³/mol. The van der Waals surface area contributed by atoms with Crippen LogP contribution in [0.3, 0.4) is 0 Å². The number of nitrogens with one attached hydrogen (secondary N) is 1. The number of hydrogen-bond donors (Lipinski definition) is 2. The molecule has 1 saturated carbocycles. The normalized spacial score (nSPS) is 18.9. The first-order valence-electron chi connectivity index (χ1n) is 13.8. The molecule has 0 spiro atoms. The molecule has 5 aromatic rings. The van der Waals surface area contributed by atoms with Crippen molar-refractivity contribution in [2.75, 3.05) is 6.54 Å². The van der Waals surface area contributed by atoms with Gasteiger partial charge < -0.3 is 15.0 Å². The van der Waals surface area contributed by atoms with Gasteiger partial charge in [0.2, 0.25) is 0 Å². The van der Waals surface area contributed by atoms with Crippen molar-refractivity contribution in [2.45, 2.75) is 51.3 Å². The Kier molecular flexibility index (Phi) is 6.82. The molecule has 1 fully saturated rings. The Morgan fingerprint density at radius 2 is 1.46 bits per heavy atom. The summed E-state index contributed by atoms with van der Waals surface area (Å²) in [5.74, 6) is 0.668. The van der Waals surface area contributed by atoms with E-state index in [2.05, 4.69) is 114 Å². The third-order valence-corrected chi connectivity index (χ3v) is 8.18. The highest BCUT2D eigenvalue weighted by molar-refractivity contribution is 6.15. The third kappa shape index (κ3) is 4.70. The number of aromatic nitrogens is 1. The van der Waals surface area contributed by atoms with Gasteiger partial charge in [0.15, 0.2) is 0 Å². The molecule has 0 bridgehead atoms. The van der Waals surface area contributed by atoms with Crippen molar-refractivity contribution in [1.29, 1.82) is 0 Å². The molecular weight excluding hydrogens is 452 g/mol. The van der Waals surface area contributed by atoms with Crippen LogP contribution in [0.25, 0.3) is 44.1 Å². The monoisotopic (exact) mass is 488 g/mol. The first kappa shape index (κ1) is 24.0. The average Bonchev–Trinajstić information content (AvgIpc) is 3.28. The lowest BCUT2D eigenvalue weighted by Gasteiger charge is -2.30. The van der Waals surface area contributed by atoms with Gasteiger partial charge in [-0.2, -0.15) is 0 Å². The van der Waals surface area contributed by atoms with Gasteiger partial charge in [-0.3, -0.25) is 0 Å². The molecule has 2 N–H and O–H groups in total. The van der Waals surface area contributed by atoms with Gasteiger partial charge in [-0.15, -0.1) is 0 Å². The van der Waals surface area contributed by atoms with Crippen LogP contribution in [0.15, 0.2) is 97.1 Å². The van der Waals surface area contributed by atoms with Gasteiger partial charge in [0, 0.05) is 28.9 Å². The number of aliphatic hydroxyl groups excluding tert-OH is 1. The van der Waals surface area contributed by atoms with E-state index in [-0.39, 0.29) is 0 Å². The fourth-order valence-corrected chi connectivity index (χ4v) is 6.28. The zero-order valence-electron chi connectivity index (χ0n) is 21.6. The highest BCUT2D eigenvalue weighted by atomic mass is 16.3. The molecule has 1 heterocycles. The maximum atomic E-state index is 11.4. The van der Waals surface area contributed by atoms with Gasteiger partial charge >= 0.3 is 0 Å². The summed E-state index contributed by atoms with van der Waals surface area (Å²) in [5, 5.41) is 18.8. The van der Waals surface area contributed by atoms with Crippen molar-refractivity contribution >= 4 is 21.7 Å². The van der Waals surface area contributed by atoms with E-state index >= 15 is 0 Å². The van der Waals surface area contributed by atoms with Crippen LogP contribution in [0.4, 0.5) is 0 Å². The smallest absolute Gasteiger partial charge is 0.0843 e. The summed E-state index contributed by atoms with van der Waals surface area (Å²) < 4.78 is 2.38. The Morgan fingerprint density at radius 3 is 2.22 bits per heavy atom. The maximum Gasteiger partial charge on any atom is 0.0843 e. The van der Waals surface area contributed by atoms with E-state index in [1.807, 2.05) is 0 Å². The van der Waals surface area contributed by atoms with E-state index in [0.717, 1.165) is 0 Å². The molecule has 3 heteroatoms. The minimum absolute atomic E-state index is 0.491. The van der Waals surface area contributed by atoms with Crippen LogP contribution >= 0.6 is 0 Å². The number of aliphatic hydroxyl groups is 1. The Labute approximate surface area is 219 Å². The molecule has 0 unspecified atom stereocenters. The zero-order valence-corrected chi connectivity index (χ0v) is 21.6. The van der Waals surface area contributed by atoms with Crippen molar-refractivity contribution in [1.82, 2.24) is 9.88 Å². The molecule has 1 aliphatic rings. The molecule has 37 heavy (non-hydrogen) atoms. The molecule has 1 aromatic heterocycles. The lowest BCUT2D eigenvalue weighted by atomic mass is 9.86. The topological polar surface area (TPSA) is 37.2 Å². The second kappa shape index (κ2) is 10.5. The van der Waals surface area contributed by atoms with Crippen LogP contribution in [0.5, 0.6) is 0 Å². The zero-order chi connectivity index (χ0) is 25.2. The summed E-state index contributed by atoms with van der Waals surface area (Å²) in [7, 11) is 0. The number of fused-ring (bicyclic) bond motifs is 3. The summed E-state index contributed by atoms with van der Waals surface area (Å²) in [6, 6.07) is 34.9. The van der Waals surface area contributed by atoms with Crippen LogP contribution in [-0.4, -0.2) is 28.4 Å². The summed E-state index contributed by atoms with van der Waals surface area (Å²) in [5.41, 5.74) is 5.96. The number of benzene rings is 4. The lowest BCUT2D eigenvalue weighted by Crippen LogP contribution is -2.42. The van der Waals surface area contributed by atoms with E-state index < -0.39 is 6.10 Å². The van der Waals surface area contributed by atoms with Crippen LogP contribution in [0.2, 0.25) is 0 Å². The lowest BCUT2D eigenvalue weighted by molar-refractivity contribution is 0.140. The first-order chi connectivity index (χ1) is 18.2. The fourth-order valence-electron chi connectivity index (χ4n) is 6.28. The Balaban J connectivity index is 1.51. The van der Waals surface area contributed by atoms with Crippen LogP contribution in [-0.2, 0) is 6.54 Å². The van der Waals surface area contributed by atoms with Crippen molar-refractivity contribution in [3.8, 4) is 22.4 Å². The summed E-state index contributed by atoms with van der Waals surface area (Å²) in [4.78, 5) is 0. The van der Waals surface area contributed by atoms with Gasteiger partial charge in [0.25, 0.3) is 0 Å². The molecule has 1 aliphatic carbocycles. The average molecular weight is 489 g/mol.